The zero-order valence-electron chi connectivity index (χ0n) is 12.5. The van der Waals surface area contributed by atoms with E-state index in [0.29, 0.717) is 24.0 Å². The molecule has 4 fully saturated rings. The largest absolute Gasteiger partial charge is 0.481 e. The van der Waals surface area contributed by atoms with Crippen LogP contribution in [0.15, 0.2) is 0 Å². The van der Waals surface area contributed by atoms with Gasteiger partial charge in [-0.1, -0.05) is 6.92 Å². The monoisotopic (exact) mass is 280 g/mol. The van der Waals surface area contributed by atoms with Crippen LogP contribution in [0.25, 0.3) is 0 Å². The third-order valence-corrected chi connectivity index (χ3v) is 6.72. The Bertz CT molecular complexity index is 463. The molecule has 2 aliphatic heterocycles. The van der Waals surface area contributed by atoms with Gasteiger partial charge in [0.2, 0.25) is 0 Å². The molecule has 8 atom stereocenters. The van der Waals surface area contributed by atoms with Crippen LogP contribution in [-0.4, -0.2) is 35.0 Å². The Labute approximate surface area is 119 Å². The second-order valence-electron chi connectivity index (χ2n) is 7.77. The Balaban J connectivity index is 1.69. The van der Waals surface area contributed by atoms with Crippen LogP contribution in [0.4, 0.5) is 0 Å². The lowest BCUT2D eigenvalue weighted by Crippen LogP contribution is -2.53. The molecular formula is C16H24O4. The number of hydrogen-bond donors (Lipinski definition) is 1. The summed E-state index contributed by atoms with van der Waals surface area (Å²) in [6.45, 7) is 6.32. The highest BCUT2D eigenvalue weighted by molar-refractivity contribution is 5.75. The van der Waals surface area contributed by atoms with Gasteiger partial charge in [-0.25, -0.2) is 0 Å². The van der Waals surface area contributed by atoms with Gasteiger partial charge in [-0.15, -0.1) is 0 Å². The molecule has 4 nitrogen and oxygen atoms in total. The van der Waals surface area contributed by atoms with Gasteiger partial charge in [-0.2, -0.15) is 0 Å². The van der Waals surface area contributed by atoms with E-state index in [2.05, 4.69) is 13.8 Å². The van der Waals surface area contributed by atoms with Crippen LogP contribution in [0.3, 0.4) is 0 Å². The number of carbonyl (C=O) groups is 1. The molecule has 4 rings (SSSR count). The number of aliphatic carboxylic acids is 1. The van der Waals surface area contributed by atoms with Crippen molar-refractivity contribution in [1.29, 1.82) is 0 Å². The van der Waals surface area contributed by atoms with Crippen molar-refractivity contribution in [2.45, 2.75) is 70.4 Å². The van der Waals surface area contributed by atoms with E-state index < -0.39 is 11.4 Å². The van der Waals surface area contributed by atoms with Crippen molar-refractivity contribution in [3.63, 3.8) is 0 Å². The molecule has 2 aliphatic carbocycles. The van der Waals surface area contributed by atoms with Crippen LogP contribution in [0, 0.1) is 23.2 Å². The van der Waals surface area contributed by atoms with E-state index in [1.165, 1.54) is 0 Å². The molecule has 4 heteroatoms. The summed E-state index contributed by atoms with van der Waals surface area (Å²) in [5.74, 6) is 0.336. The number of fused-ring (bicyclic) bond motifs is 2. The molecule has 0 amide bonds. The number of rotatable bonds is 2. The lowest BCUT2D eigenvalue weighted by atomic mass is 9.54. The van der Waals surface area contributed by atoms with Crippen molar-refractivity contribution in [2.24, 2.45) is 23.2 Å². The van der Waals surface area contributed by atoms with Crippen molar-refractivity contribution in [3.8, 4) is 0 Å². The molecule has 112 valence electrons. The highest BCUT2D eigenvalue weighted by Crippen LogP contribution is 2.64. The lowest BCUT2D eigenvalue weighted by molar-refractivity contribution is -0.158. The maximum absolute atomic E-state index is 11.9. The number of ether oxygens (including phenoxy) is 2. The molecule has 0 spiro atoms. The van der Waals surface area contributed by atoms with Crippen molar-refractivity contribution in [1.82, 2.24) is 0 Å². The van der Waals surface area contributed by atoms with Gasteiger partial charge in [-0.05, 0) is 51.4 Å². The Morgan fingerprint density at radius 1 is 1.25 bits per heavy atom. The Morgan fingerprint density at radius 3 is 2.70 bits per heavy atom. The number of epoxide rings is 2. The molecule has 8 unspecified atom stereocenters. The van der Waals surface area contributed by atoms with Crippen LogP contribution in [-0.2, 0) is 14.3 Å². The summed E-state index contributed by atoms with van der Waals surface area (Å²) in [6, 6.07) is 0. The topological polar surface area (TPSA) is 62.4 Å². The Morgan fingerprint density at radius 2 is 2.00 bits per heavy atom. The maximum atomic E-state index is 11.9. The first-order valence-electron chi connectivity index (χ1n) is 7.94. The highest BCUT2D eigenvalue weighted by Gasteiger charge is 2.70. The fourth-order valence-corrected chi connectivity index (χ4v) is 5.43. The standard InChI is InChI=1S/C16H24O4/c1-8-9(4-5-10-12(8)19-10)13-15(2,14(17)18)7-6-11-16(13,3)20-11/h8-13H,4-7H2,1-3H3,(H,17,18). The maximum Gasteiger partial charge on any atom is 0.309 e. The van der Waals surface area contributed by atoms with Gasteiger partial charge in [0.1, 0.15) is 0 Å². The molecule has 0 radical (unpaired) electrons. The molecule has 0 aromatic carbocycles. The smallest absolute Gasteiger partial charge is 0.309 e. The molecule has 2 saturated heterocycles. The minimum absolute atomic E-state index is 0.117. The van der Waals surface area contributed by atoms with E-state index in [1.807, 2.05) is 6.92 Å². The van der Waals surface area contributed by atoms with Gasteiger partial charge in [0.05, 0.1) is 29.3 Å². The second kappa shape index (κ2) is 3.77. The summed E-state index contributed by atoms with van der Waals surface area (Å²) in [7, 11) is 0. The first-order chi connectivity index (χ1) is 9.38. The van der Waals surface area contributed by atoms with Crippen molar-refractivity contribution < 1.29 is 19.4 Å². The predicted molar refractivity (Wildman–Crippen MR) is 72.3 cm³/mol. The van der Waals surface area contributed by atoms with Gasteiger partial charge >= 0.3 is 5.97 Å². The van der Waals surface area contributed by atoms with E-state index in [0.717, 1.165) is 25.7 Å². The van der Waals surface area contributed by atoms with Crippen LogP contribution >= 0.6 is 0 Å². The molecule has 2 heterocycles. The summed E-state index contributed by atoms with van der Waals surface area (Å²) in [5.41, 5.74) is -0.867. The van der Waals surface area contributed by atoms with Crippen LogP contribution in [0.1, 0.15) is 46.5 Å². The minimum atomic E-state index is -0.650. The third-order valence-electron chi connectivity index (χ3n) is 6.72. The van der Waals surface area contributed by atoms with Crippen LogP contribution in [0.5, 0.6) is 0 Å². The van der Waals surface area contributed by atoms with E-state index in [9.17, 15) is 9.90 Å². The summed E-state index contributed by atoms with van der Waals surface area (Å²) in [6.07, 6.45) is 4.91. The van der Waals surface area contributed by atoms with E-state index in [4.69, 9.17) is 9.47 Å². The predicted octanol–water partition coefficient (Wildman–Crippen LogP) is 2.46. The summed E-state index contributed by atoms with van der Waals surface area (Å²) in [5, 5.41) is 9.83. The number of hydrogen-bond acceptors (Lipinski definition) is 3. The third kappa shape index (κ3) is 1.52. The van der Waals surface area contributed by atoms with Crippen molar-refractivity contribution in [2.75, 3.05) is 0 Å². The van der Waals surface area contributed by atoms with Crippen LogP contribution < -0.4 is 0 Å². The molecule has 1 N–H and O–H groups in total. The summed E-state index contributed by atoms with van der Waals surface area (Å²) >= 11 is 0. The van der Waals surface area contributed by atoms with Crippen LogP contribution in [0.2, 0.25) is 0 Å². The average Bonchev–Trinajstić information content (AvgIpc) is 3.25. The molecule has 0 aromatic rings. The zero-order chi connectivity index (χ0) is 14.3. The molecule has 0 aromatic heterocycles. The molecule has 20 heavy (non-hydrogen) atoms. The summed E-state index contributed by atoms with van der Waals surface area (Å²) in [4.78, 5) is 11.9. The van der Waals surface area contributed by atoms with Gasteiger partial charge in [0.15, 0.2) is 0 Å². The molecular weight excluding hydrogens is 256 g/mol. The normalized spacial score (nSPS) is 60.4. The fraction of sp³-hybridized carbons (Fsp3) is 0.938. The fourth-order valence-electron chi connectivity index (χ4n) is 5.43. The van der Waals surface area contributed by atoms with E-state index in [1.54, 1.807) is 0 Å². The first-order valence-corrected chi connectivity index (χ1v) is 7.94. The van der Waals surface area contributed by atoms with Crippen molar-refractivity contribution in [3.05, 3.63) is 0 Å². The van der Waals surface area contributed by atoms with Gasteiger partial charge in [0.25, 0.3) is 0 Å². The Kier molecular flexibility index (Phi) is 2.47. The molecule has 0 bridgehead atoms. The zero-order valence-corrected chi connectivity index (χ0v) is 12.5. The van der Waals surface area contributed by atoms with Gasteiger partial charge in [-0.3, -0.25) is 4.79 Å². The Hall–Kier alpha value is -0.610. The highest BCUT2D eigenvalue weighted by atomic mass is 16.6. The molecule has 4 aliphatic rings. The number of carboxylic acids is 1. The summed E-state index contributed by atoms with van der Waals surface area (Å²) < 4.78 is 11.7. The van der Waals surface area contributed by atoms with E-state index >= 15 is 0 Å². The van der Waals surface area contributed by atoms with Crippen molar-refractivity contribution >= 4 is 5.97 Å². The number of carboxylic acid groups (broad SMARTS) is 1. The van der Waals surface area contributed by atoms with Gasteiger partial charge < -0.3 is 14.6 Å². The minimum Gasteiger partial charge on any atom is -0.481 e. The lowest BCUT2D eigenvalue weighted by Gasteiger charge is -2.47. The molecule has 2 saturated carbocycles. The first kappa shape index (κ1) is 13.1. The quantitative estimate of drug-likeness (QED) is 0.789. The van der Waals surface area contributed by atoms with Gasteiger partial charge in [0, 0.05) is 5.92 Å². The average molecular weight is 280 g/mol. The SMILES string of the molecule is CC1C(C2C(C)(C(=O)O)CCC3OC32C)CCC2OC21. The second-order valence-corrected chi connectivity index (χ2v) is 7.77. The van der Waals surface area contributed by atoms with E-state index in [-0.39, 0.29) is 17.6 Å².